The van der Waals surface area contributed by atoms with E-state index in [1.165, 1.54) is 6.20 Å². The molecule has 0 radical (unpaired) electrons. The Labute approximate surface area is 93.2 Å². The molecule has 0 spiro atoms. The molecule has 0 atom stereocenters. The standard InChI is InChI=1S/C11H13N3O2/c1-13-11(10(8-12-13)14(15)16)9-6-4-2-3-5-7-9/h2-3,6,8H,4-5,7H2,1H3. The zero-order valence-corrected chi connectivity index (χ0v) is 9.09. The van der Waals surface area contributed by atoms with Crippen molar-refractivity contribution in [3.63, 3.8) is 0 Å². The molecular formula is C11H13N3O2. The number of rotatable bonds is 2. The molecule has 16 heavy (non-hydrogen) atoms. The fraction of sp³-hybridized carbons (Fsp3) is 0.364. The second kappa shape index (κ2) is 4.30. The third-order valence-corrected chi connectivity index (χ3v) is 2.67. The van der Waals surface area contributed by atoms with Crippen molar-refractivity contribution in [2.24, 2.45) is 7.05 Å². The van der Waals surface area contributed by atoms with Crippen molar-refractivity contribution in [3.05, 3.63) is 40.2 Å². The summed E-state index contributed by atoms with van der Waals surface area (Å²) in [7, 11) is 1.74. The van der Waals surface area contributed by atoms with Crippen molar-refractivity contribution in [2.75, 3.05) is 0 Å². The first-order chi connectivity index (χ1) is 7.70. The summed E-state index contributed by atoms with van der Waals surface area (Å²) in [6.07, 6.45) is 10.1. The van der Waals surface area contributed by atoms with Gasteiger partial charge >= 0.3 is 5.69 Å². The summed E-state index contributed by atoms with van der Waals surface area (Å²) in [4.78, 5) is 10.5. The van der Waals surface area contributed by atoms with E-state index < -0.39 is 0 Å². The Morgan fingerprint density at radius 1 is 1.50 bits per heavy atom. The van der Waals surface area contributed by atoms with Crippen LogP contribution >= 0.6 is 0 Å². The average molecular weight is 219 g/mol. The van der Waals surface area contributed by atoms with Crippen molar-refractivity contribution in [3.8, 4) is 0 Å². The number of aryl methyl sites for hydroxylation is 1. The van der Waals surface area contributed by atoms with E-state index in [2.05, 4.69) is 17.3 Å². The van der Waals surface area contributed by atoms with Gasteiger partial charge in [-0.05, 0) is 24.8 Å². The molecule has 1 aromatic rings. The monoisotopic (exact) mass is 219 g/mol. The Hall–Kier alpha value is -1.91. The molecule has 5 nitrogen and oxygen atoms in total. The van der Waals surface area contributed by atoms with E-state index in [0.717, 1.165) is 24.8 Å². The van der Waals surface area contributed by atoms with E-state index in [4.69, 9.17) is 0 Å². The number of hydrogen-bond donors (Lipinski definition) is 0. The average Bonchev–Trinajstić information content (AvgIpc) is 2.50. The lowest BCUT2D eigenvalue weighted by molar-refractivity contribution is -0.385. The molecule has 1 aliphatic carbocycles. The van der Waals surface area contributed by atoms with Gasteiger partial charge in [0.1, 0.15) is 11.9 Å². The van der Waals surface area contributed by atoms with Crippen molar-refractivity contribution < 1.29 is 4.92 Å². The van der Waals surface area contributed by atoms with Crippen LogP contribution in [0.3, 0.4) is 0 Å². The Kier molecular flexibility index (Phi) is 2.85. The van der Waals surface area contributed by atoms with Gasteiger partial charge in [0.2, 0.25) is 0 Å². The summed E-state index contributed by atoms with van der Waals surface area (Å²) in [6, 6.07) is 0. The summed E-state index contributed by atoms with van der Waals surface area (Å²) in [5.74, 6) is 0. The highest BCUT2D eigenvalue weighted by atomic mass is 16.6. The highest BCUT2D eigenvalue weighted by Crippen LogP contribution is 2.29. The van der Waals surface area contributed by atoms with Gasteiger partial charge in [0, 0.05) is 7.05 Å². The highest BCUT2D eigenvalue weighted by Gasteiger charge is 2.21. The van der Waals surface area contributed by atoms with Crippen LogP contribution in [-0.4, -0.2) is 14.7 Å². The third-order valence-electron chi connectivity index (χ3n) is 2.67. The van der Waals surface area contributed by atoms with E-state index in [1.807, 2.05) is 6.08 Å². The Bertz CT molecular complexity index is 472. The molecule has 0 saturated heterocycles. The number of hydrogen-bond acceptors (Lipinski definition) is 3. The lowest BCUT2D eigenvalue weighted by Crippen LogP contribution is -2.00. The number of nitro groups is 1. The number of aromatic nitrogens is 2. The minimum atomic E-state index is -0.374. The molecule has 0 N–H and O–H groups in total. The fourth-order valence-electron chi connectivity index (χ4n) is 1.91. The van der Waals surface area contributed by atoms with Crippen molar-refractivity contribution in [1.29, 1.82) is 0 Å². The molecule has 0 aliphatic heterocycles. The third kappa shape index (κ3) is 1.88. The normalized spacial score (nSPS) is 15.7. The molecular weight excluding hydrogens is 206 g/mol. The zero-order chi connectivity index (χ0) is 11.5. The molecule has 1 aromatic heterocycles. The second-order valence-electron chi connectivity index (χ2n) is 3.73. The van der Waals surface area contributed by atoms with Gasteiger partial charge in [0.15, 0.2) is 0 Å². The summed E-state index contributed by atoms with van der Waals surface area (Å²) >= 11 is 0. The van der Waals surface area contributed by atoms with Gasteiger partial charge < -0.3 is 0 Å². The van der Waals surface area contributed by atoms with Crippen molar-refractivity contribution in [1.82, 2.24) is 9.78 Å². The largest absolute Gasteiger partial charge is 0.314 e. The number of nitrogens with zero attached hydrogens (tertiary/aromatic N) is 3. The van der Waals surface area contributed by atoms with Gasteiger partial charge in [-0.2, -0.15) is 5.10 Å². The highest BCUT2D eigenvalue weighted by molar-refractivity contribution is 5.70. The summed E-state index contributed by atoms with van der Waals surface area (Å²) < 4.78 is 1.58. The van der Waals surface area contributed by atoms with E-state index in [-0.39, 0.29) is 10.6 Å². The van der Waals surface area contributed by atoms with E-state index in [0.29, 0.717) is 5.69 Å². The van der Waals surface area contributed by atoms with Crippen molar-refractivity contribution in [2.45, 2.75) is 19.3 Å². The molecule has 84 valence electrons. The van der Waals surface area contributed by atoms with Crippen LogP contribution in [0.15, 0.2) is 24.4 Å². The fourth-order valence-corrected chi connectivity index (χ4v) is 1.91. The predicted octanol–water partition coefficient (Wildman–Crippen LogP) is 2.45. The van der Waals surface area contributed by atoms with Gasteiger partial charge in [-0.3, -0.25) is 14.8 Å². The van der Waals surface area contributed by atoms with Gasteiger partial charge in [0.05, 0.1) is 4.92 Å². The molecule has 2 rings (SSSR count). The van der Waals surface area contributed by atoms with Crippen LogP contribution < -0.4 is 0 Å². The molecule has 0 amide bonds. The predicted molar refractivity (Wildman–Crippen MR) is 60.8 cm³/mol. The molecule has 0 fully saturated rings. The van der Waals surface area contributed by atoms with Crippen LogP contribution in [0.4, 0.5) is 5.69 Å². The van der Waals surface area contributed by atoms with E-state index in [1.54, 1.807) is 11.7 Å². The first-order valence-electron chi connectivity index (χ1n) is 5.21. The Morgan fingerprint density at radius 2 is 2.31 bits per heavy atom. The maximum atomic E-state index is 10.9. The molecule has 0 unspecified atom stereocenters. The topological polar surface area (TPSA) is 61.0 Å². The van der Waals surface area contributed by atoms with Gasteiger partial charge in [-0.1, -0.05) is 18.2 Å². The SMILES string of the molecule is Cn1ncc([N+](=O)[O-])c1C1=CCC=CCC1. The molecule has 1 heterocycles. The molecule has 5 heteroatoms. The summed E-state index contributed by atoms with van der Waals surface area (Å²) in [5, 5.41) is 14.8. The Balaban J connectivity index is 2.42. The van der Waals surface area contributed by atoms with E-state index >= 15 is 0 Å². The first-order valence-corrected chi connectivity index (χ1v) is 5.21. The van der Waals surface area contributed by atoms with Crippen LogP contribution in [-0.2, 0) is 7.05 Å². The summed E-state index contributed by atoms with van der Waals surface area (Å²) in [6.45, 7) is 0. The van der Waals surface area contributed by atoms with Crippen molar-refractivity contribution >= 4 is 11.3 Å². The van der Waals surface area contributed by atoms with Crippen LogP contribution in [0.2, 0.25) is 0 Å². The molecule has 0 saturated carbocycles. The van der Waals surface area contributed by atoms with Crippen LogP contribution in [0.5, 0.6) is 0 Å². The maximum absolute atomic E-state index is 10.9. The summed E-state index contributed by atoms with van der Waals surface area (Å²) in [5.41, 5.74) is 1.74. The first kappa shape index (κ1) is 10.6. The van der Waals surface area contributed by atoms with Crippen LogP contribution in [0.25, 0.3) is 5.57 Å². The van der Waals surface area contributed by atoms with Crippen LogP contribution in [0.1, 0.15) is 25.0 Å². The maximum Gasteiger partial charge on any atom is 0.314 e. The molecule has 0 aromatic carbocycles. The minimum absolute atomic E-state index is 0.0932. The van der Waals surface area contributed by atoms with Gasteiger partial charge in [-0.25, -0.2) is 0 Å². The zero-order valence-electron chi connectivity index (χ0n) is 9.09. The van der Waals surface area contributed by atoms with Crippen LogP contribution in [0, 0.1) is 10.1 Å². The van der Waals surface area contributed by atoms with Gasteiger partial charge in [-0.15, -0.1) is 0 Å². The smallest absolute Gasteiger partial charge is 0.261 e. The van der Waals surface area contributed by atoms with E-state index in [9.17, 15) is 10.1 Å². The van der Waals surface area contributed by atoms with Gasteiger partial charge in [0.25, 0.3) is 0 Å². The quantitative estimate of drug-likeness (QED) is 0.436. The molecule has 0 bridgehead atoms. The lowest BCUT2D eigenvalue weighted by atomic mass is 10.1. The molecule has 1 aliphatic rings. The second-order valence-corrected chi connectivity index (χ2v) is 3.73. The lowest BCUT2D eigenvalue weighted by Gasteiger charge is -2.05. The number of allylic oxidation sites excluding steroid dienone is 4. The Morgan fingerprint density at radius 3 is 3.06 bits per heavy atom. The minimum Gasteiger partial charge on any atom is -0.261 e.